The first kappa shape index (κ1) is 19.9. The number of halogens is 2. The van der Waals surface area contributed by atoms with E-state index in [4.69, 9.17) is 9.57 Å². The van der Waals surface area contributed by atoms with Crippen LogP contribution in [0.5, 0.6) is 11.5 Å². The smallest absolute Gasteiger partial charge is 0.387 e. The molecule has 1 aromatic carbocycles. The molecule has 0 radical (unpaired) electrons. The van der Waals surface area contributed by atoms with Crippen LogP contribution >= 0.6 is 0 Å². The van der Waals surface area contributed by atoms with E-state index < -0.39 is 6.61 Å². The van der Waals surface area contributed by atoms with E-state index >= 15 is 0 Å². The molecule has 1 heterocycles. The number of Topliss-reactive ketones (excluding diaryl/α,β-unsaturated/α-hetero) is 1. The van der Waals surface area contributed by atoms with E-state index in [2.05, 4.69) is 14.5 Å². The van der Waals surface area contributed by atoms with Gasteiger partial charge in [-0.2, -0.15) is 8.78 Å². The molecule has 2 aromatic rings. The summed E-state index contributed by atoms with van der Waals surface area (Å²) in [6, 6.07) is 6.75. The van der Waals surface area contributed by atoms with E-state index in [9.17, 15) is 13.6 Å². The molecule has 0 amide bonds. The maximum atomic E-state index is 12.4. The van der Waals surface area contributed by atoms with Crippen molar-refractivity contribution < 1.29 is 27.9 Å². The van der Waals surface area contributed by atoms with Gasteiger partial charge in [-0.05, 0) is 51.0 Å². The number of carbonyl (C=O) groups excluding carboxylic acids is 1. The van der Waals surface area contributed by atoms with Crippen LogP contribution in [0.15, 0.2) is 29.4 Å². The second-order valence-electron chi connectivity index (χ2n) is 6.61. The van der Waals surface area contributed by atoms with Gasteiger partial charge in [0.25, 0.3) is 0 Å². The van der Waals surface area contributed by atoms with Crippen molar-refractivity contribution in [2.24, 2.45) is 5.16 Å². The highest BCUT2D eigenvalue weighted by Crippen LogP contribution is 2.38. The molecule has 6 nitrogen and oxygen atoms in total. The standard InChI is InChI=1S/C20H22F2N2O4/c1-12-8-16(13(2)24(12)15-5-6-15)17(25)11-27-23-10-14-4-7-18(28-20(21)22)19(9-14)26-3/h4,7-10,15,20H,5-6,11H2,1-3H3/b23-10+. The van der Waals surface area contributed by atoms with Gasteiger partial charge in [0.2, 0.25) is 5.78 Å². The van der Waals surface area contributed by atoms with Crippen molar-refractivity contribution in [3.8, 4) is 11.5 Å². The molecule has 1 aliphatic carbocycles. The molecule has 0 bridgehead atoms. The van der Waals surface area contributed by atoms with Gasteiger partial charge in [0.05, 0.1) is 13.3 Å². The van der Waals surface area contributed by atoms with Crippen molar-refractivity contribution in [1.82, 2.24) is 4.57 Å². The van der Waals surface area contributed by atoms with E-state index in [1.165, 1.54) is 31.5 Å². The number of rotatable bonds is 9. The fourth-order valence-corrected chi connectivity index (χ4v) is 3.18. The maximum absolute atomic E-state index is 12.4. The lowest BCUT2D eigenvalue weighted by Crippen LogP contribution is -2.09. The molecular formula is C20H22F2N2O4. The molecule has 8 heteroatoms. The summed E-state index contributed by atoms with van der Waals surface area (Å²) < 4.78 is 36.3. The zero-order valence-corrected chi connectivity index (χ0v) is 15.9. The van der Waals surface area contributed by atoms with Crippen LogP contribution in [0.4, 0.5) is 8.78 Å². The SMILES string of the molecule is COc1cc(/C=N/OCC(=O)c2cc(C)n(C3CC3)c2C)ccc1OC(F)F. The average molecular weight is 392 g/mol. The van der Waals surface area contributed by atoms with Crippen LogP contribution in [-0.4, -0.2) is 36.9 Å². The number of ether oxygens (including phenoxy) is 2. The second kappa shape index (κ2) is 8.41. The van der Waals surface area contributed by atoms with Gasteiger partial charge < -0.3 is 18.9 Å². The lowest BCUT2D eigenvalue weighted by atomic mass is 10.1. The third kappa shape index (κ3) is 4.49. The molecule has 150 valence electrons. The minimum atomic E-state index is -2.94. The third-order valence-corrected chi connectivity index (χ3v) is 4.57. The number of aromatic nitrogens is 1. The Morgan fingerprint density at radius 1 is 1.29 bits per heavy atom. The van der Waals surface area contributed by atoms with Gasteiger partial charge >= 0.3 is 6.61 Å². The van der Waals surface area contributed by atoms with Crippen LogP contribution in [-0.2, 0) is 4.84 Å². The molecule has 1 saturated carbocycles. The van der Waals surface area contributed by atoms with Crippen LogP contribution in [0.2, 0.25) is 0 Å². The quantitative estimate of drug-likeness (QED) is 0.363. The summed E-state index contributed by atoms with van der Waals surface area (Å²) in [5.74, 6) is -0.0694. The van der Waals surface area contributed by atoms with Crippen LogP contribution < -0.4 is 9.47 Å². The van der Waals surface area contributed by atoms with Crippen molar-refractivity contribution in [3.05, 3.63) is 46.8 Å². The Labute approximate surface area is 161 Å². The van der Waals surface area contributed by atoms with Crippen molar-refractivity contribution >= 4 is 12.0 Å². The molecule has 1 fully saturated rings. The number of ketones is 1. The van der Waals surface area contributed by atoms with Crippen molar-refractivity contribution in [2.75, 3.05) is 13.7 Å². The lowest BCUT2D eigenvalue weighted by molar-refractivity contribution is -0.0512. The van der Waals surface area contributed by atoms with Crippen LogP contribution in [0.25, 0.3) is 0 Å². The number of nitrogens with zero attached hydrogens (tertiary/aromatic N) is 2. The molecule has 3 rings (SSSR count). The van der Waals surface area contributed by atoms with E-state index in [1.807, 2.05) is 19.9 Å². The number of aryl methyl sites for hydroxylation is 1. The zero-order chi connectivity index (χ0) is 20.3. The van der Waals surface area contributed by atoms with Crippen LogP contribution in [0, 0.1) is 13.8 Å². The summed E-state index contributed by atoms with van der Waals surface area (Å²) in [5.41, 5.74) is 3.23. The topological polar surface area (TPSA) is 62.0 Å². The molecule has 0 saturated heterocycles. The number of benzene rings is 1. The largest absolute Gasteiger partial charge is 0.493 e. The van der Waals surface area contributed by atoms with E-state index in [1.54, 1.807) is 0 Å². The van der Waals surface area contributed by atoms with Gasteiger partial charge in [-0.15, -0.1) is 0 Å². The van der Waals surface area contributed by atoms with Crippen molar-refractivity contribution in [3.63, 3.8) is 0 Å². The highest BCUT2D eigenvalue weighted by atomic mass is 19.3. The summed E-state index contributed by atoms with van der Waals surface area (Å²) >= 11 is 0. The van der Waals surface area contributed by atoms with Gasteiger partial charge in [-0.1, -0.05) is 5.16 Å². The number of oxime groups is 1. The summed E-state index contributed by atoms with van der Waals surface area (Å²) in [7, 11) is 1.35. The highest BCUT2D eigenvalue weighted by Gasteiger charge is 2.28. The summed E-state index contributed by atoms with van der Waals surface area (Å²) in [6.07, 6.45) is 3.67. The van der Waals surface area contributed by atoms with Crippen LogP contribution in [0.1, 0.15) is 46.2 Å². The lowest BCUT2D eigenvalue weighted by Gasteiger charge is -2.09. The van der Waals surface area contributed by atoms with E-state index in [0.29, 0.717) is 17.2 Å². The zero-order valence-electron chi connectivity index (χ0n) is 15.9. The monoisotopic (exact) mass is 392 g/mol. The summed E-state index contributed by atoms with van der Waals surface area (Å²) in [6.45, 7) is 0.812. The number of carbonyl (C=O) groups is 1. The Morgan fingerprint density at radius 3 is 2.68 bits per heavy atom. The number of hydrogen-bond donors (Lipinski definition) is 0. The van der Waals surface area contributed by atoms with Crippen molar-refractivity contribution in [2.45, 2.75) is 39.3 Å². The molecule has 0 spiro atoms. The first-order chi connectivity index (χ1) is 13.4. The molecule has 1 aliphatic rings. The molecule has 0 aliphatic heterocycles. The van der Waals surface area contributed by atoms with E-state index in [-0.39, 0.29) is 23.9 Å². The molecule has 1 aromatic heterocycles. The first-order valence-corrected chi connectivity index (χ1v) is 8.90. The molecule has 0 unspecified atom stereocenters. The first-order valence-electron chi connectivity index (χ1n) is 8.90. The van der Waals surface area contributed by atoms with Gasteiger partial charge in [0.15, 0.2) is 18.1 Å². The fraction of sp³-hybridized carbons (Fsp3) is 0.400. The number of methoxy groups -OCH3 is 1. The number of hydrogen-bond acceptors (Lipinski definition) is 5. The molecule has 0 atom stereocenters. The molecular weight excluding hydrogens is 370 g/mol. The Kier molecular flexibility index (Phi) is 5.96. The minimum absolute atomic E-state index is 0.0724. The van der Waals surface area contributed by atoms with Gasteiger partial charge in [-0.3, -0.25) is 4.79 Å². The third-order valence-electron chi connectivity index (χ3n) is 4.57. The van der Waals surface area contributed by atoms with Gasteiger partial charge in [0, 0.05) is 28.6 Å². The van der Waals surface area contributed by atoms with Gasteiger partial charge in [-0.25, -0.2) is 0 Å². The highest BCUT2D eigenvalue weighted by molar-refractivity contribution is 5.98. The molecule has 28 heavy (non-hydrogen) atoms. The Bertz CT molecular complexity index is 889. The maximum Gasteiger partial charge on any atom is 0.387 e. The predicted octanol–water partition coefficient (Wildman–Crippen LogP) is 4.28. The second-order valence-corrected chi connectivity index (χ2v) is 6.61. The normalized spacial score (nSPS) is 13.9. The van der Waals surface area contributed by atoms with Gasteiger partial charge in [0.1, 0.15) is 0 Å². The Morgan fingerprint density at radius 2 is 2.04 bits per heavy atom. The van der Waals surface area contributed by atoms with E-state index in [0.717, 1.165) is 24.2 Å². The summed E-state index contributed by atoms with van der Waals surface area (Å²) in [4.78, 5) is 17.5. The summed E-state index contributed by atoms with van der Waals surface area (Å²) in [5, 5.41) is 3.78. The Balaban J connectivity index is 1.59. The Hall–Kier alpha value is -2.90. The fourth-order valence-electron chi connectivity index (χ4n) is 3.18. The average Bonchev–Trinajstić information content (AvgIpc) is 3.44. The number of alkyl halides is 2. The minimum Gasteiger partial charge on any atom is -0.493 e. The van der Waals surface area contributed by atoms with Crippen molar-refractivity contribution in [1.29, 1.82) is 0 Å². The van der Waals surface area contributed by atoms with Crippen LogP contribution in [0.3, 0.4) is 0 Å². The molecule has 0 N–H and O–H groups in total. The predicted molar refractivity (Wildman–Crippen MR) is 99.7 cm³/mol.